The summed E-state index contributed by atoms with van der Waals surface area (Å²) in [6.07, 6.45) is 0. The van der Waals surface area contributed by atoms with E-state index in [4.69, 9.17) is 0 Å². The van der Waals surface area contributed by atoms with Crippen molar-refractivity contribution in [2.24, 2.45) is 0 Å². The Morgan fingerprint density at radius 3 is 1.17 bits per heavy atom. The van der Waals surface area contributed by atoms with Crippen LogP contribution in [-0.4, -0.2) is 12.3 Å². The molecule has 0 aromatic heterocycles. The zero-order chi connectivity index (χ0) is 9.73. The zero-order valence-corrected chi connectivity index (χ0v) is 14.7. The molecule has 1 aliphatic rings. The normalized spacial score (nSPS) is 26.7. The van der Waals surface area contributed by atoms with Gasteiger partial charge in [-0.3, -0.25) is 4.79 Å². The van der Waals surface area contributed by atoms with E-state index in [1.807, 2.05) is 0 Å². The molecule has 0 bridgehead atoms. The van der Waals surface area contributed by atoms with Crippen molar-refractivity contribution in [1.29, 1.82) is 0 Å². The fourth-order valence-electron chi connectivity index (χ4n) is 0.672. The van der Waals surface area contributed by atoms with Gasteiger partial charge in [-0.2, -0.15) is 0 Å². The average molecular weight is 555 g/mol. The van der Waals surface area contributed by atoms with Gasteiger partial charge in [-0.15, -0.1) is 0 Å². The predicted molar refractivity (Wildman–Crippen MR) is 71.1 cm³/mol. The molecule has 0 unspecified atom stereocenters. The van der Waals surface area contributed by atoms with Crippen molar-refractivity contribution in [3.05, 3.63) is 8.96 Å². The van der Waals surface area contributed by atoms with E-state index in [1.54, 1.807) is 0 Å². The van der Waals surface area contributed by atoms with Crippen molar-refractivity contribution in [3.8, 4) is 0 Å². The molecule has 0 N–H and O–H groups in total. The van der Waals surface area contributed by atoms with Crippen LogP contribution in [-0.2, 0) is 4.79 Å². The Morgan fingerprint density at radius 1 is 0.833 bits per heavy atom. The first-order valence-electron chi connectivity index (χ1n) is 2.59. The van der Waals surface area contributed by atoms with Gasteiger partial charge in [0.1, 0.15) is 0 Å². The summed E-state index contributed by atoms with van der Waals surface area (Å²) in [6.45, 7) is 0. The molecular formula is C5Br6O. The third-order valence-electron chi connectivity index (χ3n) is 1.31. The summed E-state index contributed by atoms with van der Waals surface area (Å²) >= 11 is 19.6. The monoisotopic (exact) mass is 550 g/mol. The summed E-state index contributed by atoms with van der Waals surface area (Å²) in [5.41, 5.74) is 0. The Labute approximate surface area is 120 Å². The number of halogens is 6. The minimum atomic E-state index is -0.841. The lowest BCUT2D eigenvalue weighted by Crippen LogP contribution is -2.30. The molecule has 0 saturated carbocycles. The minimum absolute atomic E-state index is 0.0752. The molecule has 12 heavy (non-hydrogen) atoms. The molecule has 1 nitrogen and oxygen atoms in total. The first-order chi connectivity index (χ1) is 5.22. The van der Waals surface area contributed by atoms with Gasteiger partial charge in [-0.05, 0) is 0 Å². The highest BCUT2D eigenvalue weighted by molar-refractivity contribution is 9.29. The number of hydrogen-bond donors (Lipinski definition) is 0. The van der Waals surface area contributed by atoms with Crippen LogP contribution in [0.2, 0.25) is 0 Å². The van der Waals surface area contributed by atoms with Crippen LogP contribution in [0.5, 0.6) is 0 Å². The highest BCUT2D eigenvalue weighted by Gasteiger charge is 2.56. The maximum atomic E-state index is 11.7. The molecule has 0 saturated heterocycles. The van der Waals surface area contributed by atoms with E-state index < -0.39 is 6.47 Å². The maximum absolute atomic E-state index is 11.7. The molecule has 1 aliphatic carbocycles. The van der Waals surface area contributed by atoms with Crippen molar-refractivity contribution in [3.63, 3.8) is 0 Å². The van der Waals surface area contributed by atoms with E-state index in [0.717, 1.165) is 0 Å². The number of hydrogen-bond acceptors (Lipinski definition) is 1. The molecular weight excluding hydrogens is 555 g/mol. The van der Waals surface area contributed by atoms with Crippen LogP contribution in [0, 0.1) is 0 Å². The fourth-order valence-corrected chi connectivity index (χ4v) is 5.74. The zero-order valence-electron chi connectivity index (χ0n) is 5.18. The van der Waals surface area contributed by atoms with Gasteiger partial charge in [0.25, 0.3) is 0 Å². The lowest BCUT2D eigenvalue weighted by Gasteiger charge is -2.15. The minimum Gasteiger partial charge on any atom is -0.294 e. The van der Waals surface area contributed by atoms with Gasteiger partial charge in [0.05, 0.1) is 0 Å². The topological polar surface area (TPSA) is 17.1 Å². The Bertz CT molecular complexity index is 252. The first kappa shape index (κ1) is 12.4. The molecule has 0 aromatic rings. The summed E-state index contributed by atoms with van der Waals surface area (Å²) < 4.78 is -0.250. The quantitative estimate of drug-likeness (QED) is 0.402. The second-order valence-electron chi connectivity index (χ2n) is 2.11. The second kappa shape index (κ2) is 3.70. The summed E-state index contributed by atoms with van der Waals surface area (Å²) in [5.74, 6) is -0.0752. The lowest BCUT2D eigenvalue weighted by molar-refractivity contribution is -0.116. The molecule has 0 fully saturated rings. The van der Waals surface area contributed by atoms with E-state index in [2.05, 4.69) is 95.6 Å². The van der Waals surface area contributed by atoms with Gasteiger partial charge in [0, 0.05) is 8.96 Å². The molecule has 0 aliphatic heterocycles. The van der Waals surface area contributed by atoms with Gasteiger partial charge in [-0.1, -0.05) is 95.6 Å². The third kappa shape index (κ3) is 1.71. The van der Waals surface area contributed by atoms with Gasteiger partial charge < -0.3 is 0 Å². The fraction of sp³-hybridized carbons (Fsp3) is 0.400. The average Bonchev–Trinajstić information content (AvgIpc) is 2.06. The molecule has 0 radical (unpaired) electrons. The SMILES string of the molecule is O=C1C(Br)(Br)C(Br)=C(Br)C1(Br)Br. The molecule has 0 atom stereocenters. The first-order valence-corrected chi connectivity index (χ1v) is 7.35. The van der Waals surface area contributed by atoms with Crippen LogP contribution in [0.25, 0.3) is 0 Å². The van der Waals surface area contributed by atoms with Gasteiger partial charge in [-0.25, -0.2) is 0 Å². The standard InChI is InChI=1S/C5Br6O/c6-1-2(7)5(10,11)3(12)4(1,8)9. The molecule has 7 heteroatoms. The van der Waals surface area contributed by atoms with Crippen molar-refractivity contribution in [2.45, 2.75) is 6.47 Å². The van der Waals surface area contributed by atoms with Crippen LogP contribution in [0.1, 0.15) is 0 Å². The summed E-state index contributed by atoms with van der Waals surface area (Å²) in [4.78, 5) is 11.7. The molecule has 0 amide bonds. The number of allylic oxidation sites excluding steroid dienone is 2. The predicted octanol–water partition coefficient (Wildman–Crippen LogP) is 4.54. The number of Topliss-reactive ketones (excluding diaryl/α,β-unsaturated/α-hetero) is 1. The lowest BCUT2D eigenvalue weighted by atomic mass is 10.3. The van der Waals surface area contributed by atoms with Crippen molar-refractivity contribution < 1.29 is 4.79 Å². The van der Waals surface area contributed by atoms with Crippen LogP contribution >= 0.6 is 95.6 Å². The third-order valence-corrected chi connectivity index (χ3v) is 8.98. The van der Waals surface area contributed by atoms with Crippen LogP contribution < -0.4 is 0 Å². The van der Waals surface area contributed by atoms with E-state index in [-0.39, 0.29) is 5.78 Å². The number of alkyl halides is 4. The van der Waals surface area contributed by atoms with Gasteiger partial charge in [0.2, 0.25) is 0 Å². The van der Waals surface area contributed by atoms with Gasteiger partial charge >= 0.3 is 0 Å². The number of carbonyl (C=O) groups is 1. The van der Waals surface area contributed by atoms with Crippen molar-refractivity contribution in [1.82, 2.24) is 0 Å². The van der Waals surface area contributed by atoms with E-state index in [9.17, 15) is 4.79 Å². The molecule has 68 valence electrons. The van der Waals surface area contributed by atoms with E-state index in [0.29, 0.717) is 8.96 Å². The Morgan fingerprint density at radius 2 is 1.08 bits per heavy atom. The van der Waals surface area contributed by atoms with E-state index in [1.165, 1.54) is 0 Å². The highest BCUT2D eigenvalue weighted by atomic mass is 79.9. The number of carbonyl (C=O) groups excluding carboxylic acids is 1. The van der Waals surface area contributed by atoms with Crippen molar-refractivity contribution >= 4 is 101 Å². The molecule has 0 aromatic carbocycles. The second-order valence-corrected chi connectivity index (χ2v) is 10.6. The summed E-state index contributed by atoms with van der Waals surface area (Å²) in [6, 6.07) is 0. The largest absolute Gasteiger partial charge is 0.294 e. The Hall–Kier alpha value is 2.29. The highest BCUT2D eigenvalue weighted by Crippen LogP contribution is 2.58. The number of rotatable bonds is 0. The van der Waals surface area contributed by atoms with Crippen LogP contribution in [0.4, 0.5) is 0 Å². The molecule has 0 heterocycles. The summed E-state index contributed by atoms with van der Waals surface area (Å²) in [5, 5.41) is 0. The maximum Gasteiger partial charge on any atom is 0.197 e. The Balaban J connectivity index is 3.31. The van der Waals surface area contributed by atoms with E-state index >= 15 is 0 Å². The summed E-state index contributed by atoms with van der Waals surface area (Å²) in [7, 11) is 0. The molecule has 0 spiro atoms. The van der Waals surface area contributed by atoms with Crippen molar-refractivity contribution in [2.75, 3.05) is 0 Å². The van der Waals surface area contributed by atoms with Gasteiger partial charge in [0.15, 0.2) is 12.3 Å². The number of ketones is 1. The molecule has 1 rings (SSSR count). The van der Waals surface area contributed by atoms with Crippen LogP contribution in [0.15, 0.2) is 8.96 Å². The van der Waals surface area contributed by atoms with Crippen LogP contribution in [0.3, 0.4) is 0 Å². The smallest absolute Gasteiger partial charge is 0.197 e. The Kier molecular flexibility index (Phi) is 3.81.